The van der Waals surface area contributed by atoms with Crippen LogP contribution in [0.5, 0.6) is 5.75 Å². The highest BCUT2D eigenvalue weighted by Gasteiger charge is 2.34. The molecule has 2 rings (SSSR count). The number of carbonyl (C=O) groups is 1. The molecule has 0 aliphatic carbocycles. The Kier molecular flexibility index (Phi) is 4.28. The lowest BCUT2D eigenvalue weighted by molar-refractivity contribution is -0.125. The normalized spacial score (nSPS) is 16.2. The summed E-state index contributed by atoms with van der Waals surface area (Å²) in [5.41, 5.74) is 7.15. The lowest BCUT2D eigenvalue weighted by Crippen LogP contribution is -2.41. The lowest BCUT2D eigenvalue weighted by Gasteiger charge is -2.28. The fourth-order valence-electron chi connectivity index (χ4n) is 2.90. The first-order valence-electron chi connectivity index (χ1n) is 7.69. The number of hydrogen-bond donors (Lipinski definition) is 2. The van der Waals surface area contributed by atoms with Crippen molar-refractivity contribution < 1.29 is 9.53 Å². The number of hydrogen-bond acceptors (Lipinski definition) is 3. The maximum absolute atomic E-state index is 12.5. The Morgan fingerprint density at radius 3 is 2.62 bits per heavy atom. The van der Waals surface area contributed by atoms with E-state index in [9.17, 15) is 4.79 Å². The maximum Gasteiger partial charge on any atom is 0.231 e. The van der Waals surface area contributed by atoms with E-state index in [1.807, 2.05) is 32.0 Å². The molecule has 0 saturated heterocycles. The first-order chi connectivity index (χ1) is 9.85. The Hall–Kier alpha value is -1.55. The molecule has 116 valence electrons. The molecular formula is C17H26N2O2. The van der Waals surface area contributed by atoms with Gasteiger partial charge in [0.2, 0.25) is 5.91 Å². The molecule has 0 bridgehead atoms. The van der Waals surface area contributed by atoms with E-state index in [0.29, 0.717) is 6.54 Å². The van der Waals surface area contributed by atoms with Gasteiger partial charge in [0.1, 0.15) is 11.4 Å². The number of nitrogens with two attached hydrogens (primary N) is 1. The van der Waals surface area contributed by atoms with Crippen molar-refractivity contribution in [2.24, 2.45) is 11.1 Å². The van der Waals surface area contributed by atoms with Crippen LogP contribution in [0.1, 0.15) is 46.1 Å². The molecule has 1 aliphatic heterocycles. The van der Waals surface area contributed by atoms with Gasteiger partial charge in [-0.1, -0.05) is 13.8 Å². The largest absolute Gasteiger partial charge is 0.487 e. The van der Waals surface area contributed by atoms with Gasteiger partial charge in [-0.3, -0.25) is 4.79 Å². The summed E-state index contributed by atoms with van der Waals surface area (Å²) in [5, 5.41) is 3.02. The van der Waals surface area contributed by atoms with Crippen molar-refractivity contribution in [3.63, 3.8) is 0 Å². The van der Waals surface area contributed by atoms with Crippen LogP contribution in [0.3, 0.4) is 0 Å². The summed E-state index contributed by atoms with van der Waals surface area (Å²) in [5.74, 6) is 0.919. The zero-order valence-electron chi connectivity index (χ0n) is 13.5. The van der Waals surface area contributed by atoms with Crippen molar-refractivity contribution in [2.75, 3.05) is 11.9 Å². The average molecular weight is 290 g/mol. The topological polar surface area (TPSA) is 64.4 Å². The molecule has 0 atom stereocenters. The zero-order valence-corrected chi connectivity index (χ0v) is 13.5. The summed E-state index contributed by atoms with van der Waals surface area (Å²) >= 11 is 0. The molecule has 21 heavy (non-hydrogen) atoms. The fourth-order valence-corrected chi connectivity index (χ4v) is 2.90. The number of carbonyl (C=O) groups excluding carboxylic acids is 1. The molecule has 0 radical (unpaired) electrons. The van der Waals surface area contributed by atoms with E-state index in [-0.39, 0.29) is 11.5 Å². The third-order valence-electron chi connectivity index (χ3n) is 4.55. The summed E-state index contributed by atoms with van der Waals surface area (Å²) in [6, 6.07) is 5.83. The van der Waals surface area contributed by atoms with E-state index >= 15 is 0 Å². The molecule has 1 heterocycles. The second kappa shape index (κ2) is 5.68. The van der Waals surface area contributed by atoms with Gasteiger partial charge in [-0.2, -0.15) is 0 Å². The van der Waals surface area contributed by atoms with E-state index in [2.05, 4.69) is 19.2 Å². The molecule has 1 amide bonds. The van der Waals surface area contributed by atoms with E-state index in [1.54, 1.807) is 0 Å². The molecule has 0 saturated carbocycles. The second-order valence-corrected chi connectivity index (χ2v) is 6.51. The van der Waals surface area contributed by atoms with E-state index in [0.717, 1.165) is 36.3 Å². The molecular weight excluding hydrogens is 264 g/mol. The average Bonchev–Trinajstić information content (AvgIpc) is 2.74. The van der Waals surface area contributed by atoms with Gasteiger partial charge in [0, 0.05) is 24.2 Å². The standard InChI is InChI=1S/C17H26N2O2/c1-5-17(6-2,11-18)15(20)19-13-7-8-14-12(9-13)10-16(3,4)21-14/h7-9H,5-6,10-11,18H2,1-4H3,(H,19,20). The zero-order chi connectivity index (χ0) is 15.7. The third-order valence-corrected chi connectivity index (χ3v) is 4.55. The van der Waals surface area contributed by atoms with Gasteiger partial charge < -0.3 is 15.8 Å². The van der Waals surface area contributed by atoms with Crippen molar-refractivity contribution in [1.82, 2.24) is 0 Å². The van der Waals surface area contributed by atoms with Gasteiger partial charge in [0.25, 0.3) is 0 Å². The number of rotatable bonds is 5. The molecule has 0 aromatic heterocycles. The maximum atomic E-state index is 12.5. The molecule has 0 spiro atoms. The second-order valence-electron chi connectivity index (χ2n) is 6.51. The Morgan fingerprint density at radius 1 is 1.38 bits per heavy atom. The van der Waals surface area contributed by atoms with Crippen LogP contribution < -0.4 is 15.8 Å². The van der Waals surface area contributed by atoms with Crippen LogP contribution in [0.25, 0.3) is 0 Å². The summed E-state index contributed by atoms with van der Waals surface area (Å²) in [6.07, 6.45) is 2.34. The Morgan fingerprint density at radius 2 is 2.05 bits per heavy atom. The molecule has 3 N–H and O–H groups in total. The number of ether oxygens (including phenoxy) is 1. The number of nitrogens with one attached hydrogen (secondary N) is 1. The van der Waals surface area contributed by atoms with Crippen molar-refractivity contribution >= 4 is 11.6 Å². The number of anilines is 1. The Labute approximate surface area is 127 Å². The molecule has 4 nitrogen and oxygen atoms in total. The van der Waals surface area contributed by atoms with Crippen LogP contribution in [-0.2, 0) is 11.2 Å². The molecule has 1 aliphatic rings. The van der Waals surface area contributed by atoms with Crippen LogP contribution in [-0.4, -0.2) is 18.1 Å². The minimum atomic E-state index is -0.477. The quantitative estimate of drug-likeness (QED) is 0.875. The van der Waals surface area contributed by atoms with Crippen molar-refractivity contribution in [3.05, 3.63) is 23.8 Å². The van der Waals surface area contributed by atoms with Gasteiger partial charge in [0.05, 0.1) is 5.41 Å². The number of fused-ring (bicyclic) bond motifs is 1. The third kappa shape index (κ3) is 3.05. The number of benzene rings is 1. The highest BCUT2D eigenvalue weighted by Crippen LogP contribution is 2.36. The minimum Gasteiger partial charge on any atom is -0.487 e. The van der Waals surface area contributed by atoms with Gasteiger partial charge >= 0.3 is 0 Å². The highest BCUT2D eigenvalue weighted by molar-refractivity contribution is 5.95. The van der Waals surface area contributed by atoms with Crippen molar-refractivity contribution in [1.29, 1.82) is 0 Å². The Bertz CT molecular complexity index is 525. The van der Waals surface area contributed by atoms with Gasteiger partial charge in [-0.25, -0.2) is 0 Å². The summed E-state index contributed by atoms with van der Waals surface area (Å²) in [6.45, 7) is 8.52. The summed E-state index contributed by atoms with van der Waals surface area (Å²) in [7, 11) is 0. The molecule has 0 unspecified atom stereocenters. The lowest BCUT2D eigenvalue weighted by atomic mass is 9.81. The van der Waals surface area contributed by atoms with E-state index in [1.165, 1.54) is 0 Å². The smallest absolute Gasteiger partial charge is 0.231 e. The highest BCUT2D eigenvalue weighted by atomic mass is 16.5. The first kappa shape index (κ1) is 15.8. The number of amides is 1. The van der Waals surface area contributed by atoms with E-state index < -0.39 is 5.41 Å². The van der Waals surface area contributed by atoms with Crippen LogP contribution in [0.15, 0.2) is 18.2 Å². The van der Waals surface area contributed by atoms with E-state index in [4.69, 9.17) is 10.5 Å². The molecule has 0 fully saturated rings. The Balaban J connectivity index is 2.17. The summed E-state index contributed by atoms with van der Waals surface area (Å²) < 4.78 is 5.85. The SMILES string of the molecule is CCC(CC)(CN)C(=O)Nc1ccc2c(c1)CC(C)(C)O2. The first-order valence-corrected chi connectivity index (χ1v) is 7.69. The minimum absolute atomic E-state index is 0.00752. The van der Waals surface area contributed by atoms with Crippen LogP contribution in [0.2, 0.25) is 0 Å². The van der Waals surface area contributed by atoms with Crippen molar-refractivity contribution in [3.8, 4) is 5.75 Å². The molecule has 1 aromatic carbocycles. The van der Waals surface area contributed by atoms with Gasteiger partial charge in [-0.05, 0) is 44.9 Å². The van der Waals surface area contributed by atoms with Gasteiger partial charge in [-0.15, -0.1) is 0 Å². The van der Waals surface area contributed by atoms with Crippen LogP contribution >= 0.6 is 0 Å². The fraction of sp³-hybridized carbons (Fsp3) is 0.588. The predicted octanol–water partition coefficient (Wildman–Crippen LogP) is 3.10. The summed E-state index contributed by atoms with van der Waals surface area (Å²) in [4.78, 5) is 12.5. The van der Waals surface area contributed by atoms with Crippen LogP contribution in [0, 0.1) is 5.41 Å². The van der Waals surface area contributed by atoms with Gasteiger partial charge in [0.15, 0.2) is 0 Å². The predicted molar refractivity (Wildman–Crippen MR) is 85.6 cm³/mol. The molecule has 4 heteroatoms. The van der Waals surface area contributed by atoms with Crippen LogP contribution in [0.4, 0.5) is 5.69 Å². The monoisotopic (exact) mass is 290 g/mol. The van der Waals surface area contributed by atoms with Crippen molar-refractivity contribution in [2.45, 2.75) is 52.6 Å². The molecule has 1 aromatic rings.